The molecule has 0 heterocycles. The molecule has 2 aromatic rings. The maximum atomic E-state index is 6.47. The topological polar surface area (TPSA) is 9.23 Å². The quantitative estimate of drug-likeness (QED) is 0.720. The van der Waals surface area contributed by atoms with Crippen LogP contribution >= 0.6 is 23.2 Å². The second kappa shape index (κ2) is 5.64. The minimum Gasteiger partial charge on any atom is -0.497 e. The standard InChI is InChI=1S/C15H14Cl2O/c1-10-7-12(9-13(16)8-10)15(17)11-3-5-14(18-2)6-4-11/h3-9,15H,1-2H3. The zero-order chi connectivity index (χ0) is 13.1. The molecule has 0 saturated carbocycles. The van der Waals surface area contributed by atoms with Gasteiger partial charge in [0.25, 0.3) is 0 Å². The lowest BCUT2D eigenvalue weighted by Gasteiger charge is -2.12. The lowest BCUT2D eigenvalue weighted by atomic mass is 10.0. The van der Waals surface area contributed by atoms with Gasteiger partial charge in [-0.2, -0.15) is 0 Å². The maximum absolute atomic E-state index is 6.47. The number of benzene rings is 2. The summed E-state index contributed by atoms with van der Waals surface area (Å²) < 4.78 is 5.13. The number of aryl methyl sites for hydroxylation is 1. The van der Waals surface area contributed by atoms with Gasteiger partial charge in [0.2, 0.25) is 0 Å². The molecular formula is C15H14Cl2O. The van der Waals surface area contributed by atoms with Gasteiger partial charge >= 0.3 is 0 Å². The van der Waals surface area contributed by atoms with Crippen LogP contribution in [0.4, 0.5) is 0 Å². The molecule has 0 saturated heterocycles. The van der Waals surface area contributed by atoms with Crippen molar-refractivity contribution in [3.63, 3.8) is 0 Å². The number of methoxy groups -OCH3 is 1. The largest absolute Gasteiger partial charge is 0.497 e. The first-order chi connectivity index (χ1) is 8.60. The van der Waals surface area contributed by atoms with Crippen LogP contribution in [0.1, 0.15) is 22.1 Å². The van der Waals surface area contributed by atoms with Crippen LogP contribution < -0.4 is 4.74 Å². The molecule has 0 aromatic heterocycles. The van der Waals surface area contributed by atoms with Gasteiger partial charge in [0.15, 0.2) is 0 Å². The van der Waals surface area contributed by atoms with Crippen molar-refractivity contribution in [2.24, 2.45) is 0 Å². The molecule has 0 fully saturated rings. The molecule has 0 bridgehead atoms. The first-order valence-electron chi connectivity index (χ1n) is 5.65. The second-order valence-electron chi connectivity index (χ2n) is 4.20. The zero-order valence-corrected chi connectivity index (χ0v) is 11.8. The number of hydrogen-bond acceptors (Lipinski definition) is 1. The highest BCUT2D eigenvalue weighted by Crippen LogP contribution is 2.31. The van der Waals surface area contributed by atoms with E-state index in [0.29, 0.717) is 5.02 Å². The van der Waals surface area contributed by atoms with Gasteiger partial charge in [-0.15, -0.1) is 11.6 Å². The Kier molecular flexibility index (Phi) is 4.15. The van der Waals surface area contributed by atoms with E-state index in [1.54, 1.807) is 7.11 Å². The first-order valence-corrected chi connectivity index (χ1v) is 6.46. The fraction of sp³-hybridized carbons (Fsp3) is 0.200. The lowest BCUT2D eigenvalue weighted by molar-refractivity contribution is 0.414. The number of hydrogen-bond donors (Lipinski definition) is 0. The van der Waals surface area contributed by atoms with Gasteiger partial charge in [-0.25, -0.2) is 0 Å². The van der Waals surface area contributed by atoms with E-state index in [4.69, 9.17) is 27.9 Å². The van der Waals surface area contributed by atoms with Crippen molar-refractivity contribution in [3.8, 4) is 5.75 Å². The summed E-state index contributed by atoms with van der Waals surface area (Å²) in [6.07, 6.45) is 0. The number of halogens is 2. The van der Waals surface area contributed by atoms with Crippen LogP contribution in [0, 0.1) is 6.92 Å². The van der Waals surface area contributed by atoms with Crippen LogP contribution in [0.15, 0.2) is 42.5 Å². The lowest BCUT2D eigenvalue weighted by Crippen LogP contribution is -1.94. The summed E-state index contributed by atoms with van der Waals surface area (Å²) in [5.74, 6) is 0.824. The van der Waals surface area contributed by atoms with Crippen molar-refractivity contribution in [1.29, 1.82) is 0 Å². The average molecular weight is 281 g/mol. The van der Waals surface area contributed by atoms with Gasteiger partial charge in [0.05, 0.1) is 12.5 Å². The van der Waals surface area contributed by atoms with Gasteiger partial charge in [-0.1, -0.05) is 29.8 Å². The molecule has 3 heteroatoms. The number of alkyl halides is 1. The summed E-state index contributed by atoms with van der Waals surface area (Å²) in [6.45, 7) is 2.01. The third-order valence-electron chi connectivity index (χ3n) is 2.77. The minimum atomic E-state index is -0.201. The second-order valence-corrected chi connectivity index (χ2v) is 5.07. The minimum absolute atomic E-state index is 0.201. The van der Waals surface area contributed by atoms with Gasteiger partial charge in [0, 0.05) is 5.02 Å². The SMILES string of the molecule is COc1ccc(C(Cl)c2cc(C)cc(Cl)c2)cc1. The first kappa shape index (κ1) is 13.3. The van der Waals surface area contributed by atoms with Crippen LogP contribution in [0.25, 0.3) is 0 Å². The molecule has 0 amide bonds. The zero-order valence-electron chi connectivity index (χ0n) is 10.3. The summed E-state index contributed by atoms with van der Waals surface area (Å²) >= 11 is 12.5. The van der Waals surface area contributed by atoms with E-state index in [-0.39, 0.29) is 5.38 Å². The van der Waals surface area contributed by atoms with E-state index < -0.39 is 0 Å². The fourth-order valence-corrected chi connectivity index (χ4v) is 2.45. The van der Waals surface area contributed by atoms with Crippen molar-refractivity contribution in [2.75, 3.05) is 7.11 Å². The third-order valence-corrected chi connectivity index (χ3v) is 3.49. The maximum Gasteiger partial charge on any atom is 0.118 e. The fourth-order valence-electron chi connectivity index (χ4n) is 1.88. The smallest absolute Gasteiger partial charge is 0.118 e. The Labute approximate surface area is 117 Å². The van der Waals surface area contributed by atoms with E-state index in [0.717, 1.165) is 22.4 Å². The molecule has 0 N–H and O–H groups in total. The molecule has 2 aromatic carbocycles. The van der Waals surface area contributed by atoms with E-state index in [9.17, 15) is 0 Å². The Bertz CT molecular complexity index is 514. The molecule has 2 rings (SSSR count). The molecular weight excluding hydrogens is 267 g/mol. The summed E-state index contributed by atoms with van der Waals surface area (Å²) in [5, 5.41) is 0.512. The Morgan fingerprint density at radius 1 is 1.00 bits per heavy atom. The van der Waals surface area contributed by atoms with E-state index in [2.05, 4.69) is 0 Å². The van der Waals surface area contributed by atoms with Crippen LogP contribution in [0.5, 0.6) is 5.75 Å². The number of ether oxygens (including phenoxy) is 1. The van der Waals surface area contributed by atoms with Gasteiger partial charge < -0.3 is 4.74 Å². The average Bonchev–Trinajstić information content (AvgIpc) is 2.37. The molecule has 94 valence electrons. The third kappa shape index (κ3) is 2.98. The Morgan fingerprint density at radius 3 is 2.22 bits per heavy atom. The highest BCUT2D eigenvalue weighted by molar-refractivity contribution is 6.31. The molecule has 0 spiro atoms. The van der Waals surface area contributed by atoms with Crippen LogP contribution in [-0.2, 0) is 0 Å². The summed E-state index contributed by atoms with van der Waals surface area (Å²) in [5.41, 5.74) is 3.14. The van der Waals surface area contributed by atoms with Crippen molar-refractivity contribution in [3.05, 3.63) is 64.2 Å². The van der Waals surface area contributed by atoms with Crippen molar-refractivity contribution < 1.29 is 4.74 Å². The molecule has 0 aliphatic carbocycles. The molecule has 0 aliphatic rings. The number of rotatable bonds is 3. The molecule has 0 radical (unpaired) electrons. The molecule has 18 heavy (non-hydrogen) atoms. The van der Waals surface area contributed by atoms with Crippen LogP contribution in [-0.4, -0.2) is 7.11 Å². The molecule has 1 nitrogen and oxygen atoms in total. The normalized spacial score (nSPS) is 12.2. The van der Waals surface area contributed by atoms with Crippen molar-refractivity contribution in [2.45, 2.75) is 12.3 Å². The molecule has 1 atom stereocenters. The monoisotopic (exact) mass is 280 g/mol. The Balaban J connectivity index is 2.31. The van der Waals surface area contributed by atoms with Gasteiger partial charge in [-0.3, -0.25) is 0 Å². The van der Waals surface area contributed by atoms with Gasteiger partial charge in [-0.05, 0) is 47.9 Å². The highest BCUT2D eigenvalue weighted by Gasteiger charge is 2.11. The summed E-state index contributed by atoms with van der Waals surface area (Å²) in [7, 11) is 1.65. The van der Waals surface area contributed by atoms with E-state index in [1.165, 1.54) is 0 Å². The predicted molar refractivity (Wildman–Crippen MR) is 76.9 cm³/mol. The highest BCUT2D eigenvalue weighted by atomic mass is 35.5. The van der Waals surface area contributed by atoms with E-state index >= 15 is 0 Å². The van der Waals surface area contributed by atoms with Crippen LogP contribution in [0.3, 0.4) is 0 Å². The summed E-state index contributed by atoms with van der Waals surface area (Å²) in [4.78, 5) is 0. The molecule has 1 unspecified atom stereocenters. The Morgan fingerprint density at radius 2 is 1.67 bits per heavy atom. The predicted octanol–water partition coefficient (Wildman–Crippen LogP) is 4.99. The summed E-state index contributed by atoms with van der Waals surface area (Å²) in [6, 6.07) is 13.6. The Hall–Kier alpha value is -1.18. The van der Waals surface area contributed by atoms with E-state index in [1.807, 2.05) is 49.4 Å². The van der Waals surface area contributed by atoms with Crippen LogP contribution in [0.2, 0.25) is 5.02 Å². The van der Waals surface area contributed by atoms with Gasteiger partial charge in [0.1, 0.15) is 5.75 Å². The van der Waals surface area contributed by atoms with Crippen molar-refractivity contribution in [1.82, 2.24) is 0 Å². The molecule has 0 aliphatic heterocycles. The van der Waals surface area contributed by atoms with Crippen molar-refractivity contribution >= 4 is 23.2 Å².